The van der Waals surface area contributed by atoms with Gasteiger partial charge in [-0.25, -0.2) is 4.79 Å². The van der Waals surface area contributed by atoms with E-state index >= 15 is 0 Å². The minimum Gasteiger partial charge on any atom is -0.480 e. The molecule has 1 atom stereocenters. The molecule has 1 aromatic heterocycles. The molecular weight excluding hydrogens is 270 g/mol. The van der Waals surface area contributed by atoms with Gasteiger partial charge in [0.25, 0.3) is 5.91 Å². The van der Waals surface area contributed by atoms with E-state index in [9.17, 15) is 14.7 Å². The van der Waals surface area contributed by atoms with E-state index in [1.165, 1.54) is 0 Å². The lowest BCUT2D eigenvalue weighted by molar-refractivity contribution is -0.142. The van der Waals surface area contributed by atoms with Gasteiger partial charge in [-0.05, 0) is 24.3 Å². The van der Waals surface area contributed by atoms with Crippen LogP contribution in [0.25, 0.3) is 0 Å². The highest BCUT2D eigenvalue weighted by molar-refractivity contribution is 5.95. The van der Waals surface area contributed by atoms with Crippen LogP contribution in [0.1, 0.15) is 63.6 Å². The second-order valence-corrected chi connectivity index (χ2v) is 6.54. The molecule has 1 aromatic rings. The zero-order chi connectivity index (χ0) is 16.4. The molecule has 6 heteroatoms. The summed E-state index contributed by atoms with van der Waals surface area (Å²) in [4.78, 5) is 23.7. The van der Waals surface area contributed by atoms with Gasteiger partial charge in [-0.15, -0.1) is 0 Å². The molecule has 118 valence electrons. The number of hydrogen-bond donors (Lipinski definition) is 2. The van der Waals surface area contributed by atoms with E-state index in [0.29, 0.717) is 12.2 Å². The van der Waals surface area contributed by atoms with E-state index in [1.807, 2.05) is 20.8 Å². The van der Waals surface area contributed by atoms with E-state index in [4.69, 9.17) is 0 Å². The topological polar surface area (TPSA) is 84.2 Å². The summed E-state index contributed by atoms with van der Waals surface area (Å²) in [6, 6.07) is 0.776. The second-order valence-electron chi connectivity index (χ2n) is 6.54. The Balaban J connectivity index is 3.05. The molecule has 0 saturated carbocycles. The van der Waals surface area contributed by atoms with Crippen molar-refractivity contribution in [2.24, 2.45) is 5.41 Å². The van der Waals surface area contributed by atoms with Crippen LogP contribution in [0.5, 0.6) is 0 Å². The number of nitrogens with one attached hydrogen (secondary N) is 1. The Bertz CT molecular complexity index is 527. The number of carbonyl (C=O) groups is 2. The molecule has 0 bridgehead atoms. The predicted molar refractivity (Wildman–Crippen MR) is 80.3 cm³/mol. The molecule has 1 heterocycles. The molecule has 0 spiro atoms. The first-order chi connectivity index (χ1) is 9.57. The number of hydrogen-bond acceptors (Lipinski definition) is 3. The van der Waals surface area contributed by atoms with Crippen LogP contribution in [0, 0.1) is 5.41 Å². The number of aryl methyl sites for hydroxylation is 1. The van der Waals surface area contributed by atoms with Gasteiger partial charge < -0.3 is 10.4 Å². The largest absolute Gasteiger partial charge is 0.480 e. The minimum absolute atomic E-state index is 0.210. The predicted octanol–water partition coefficient (Wildman–Crippen LogP) is 2.26. The summed E-state index contributed by atoms with van der Waals surface area (Å²) in [5.41, 5.74) is 0.653. The number of aromatic nitrogens is 2. The first-order valence-electron chi connectivity index (χ1n) is 7.19. The van der Waals surface area contributed by atoms with E-state index < -0.39 is 23.3 Å². The quantitative estimate of drug-likeness (QED) is 0.872. The van der Waals surface area contributed by atoms with Crippen molar-refractivity contribution in [2.45, 2.75) is 60.0 Å². The molecule has 0 aliphatic heterocycles. The summed E-state index contributed by atoms with van der Waals surface area (Å²) in [6.07, 6.45) is 0. The van der Waals surface area contributed by atoms with Crippen LogP contribution in [0.4, 0.5) is 0 Å². The number of carboxylic acid groups (broad SMARTS) is 1. The van der Waals surface area contributed by atoms with Gasteiger partial charge >= 0.3 is 5.97 Å². The maximum atomic E-state index is 12.4. The molecule has 1 rings (SSSR count). The van der Waals surface area contributed by atoms with Gasteiger partial charge in [0.2, 0.25) is 0 Å². The van der Waals surface area contributed by atoms with Crippen LogP contribution in [0.3, 0.4) is 0 Å². The van der Waals surface area contributed by atoms with Crippen LogP contribution in [0.15, 0.2) is 6.07 Å². The van der Waals surface area contributed by atoms with Crippen molar-refractivity contribution >= 4 is 11.9 Å². The number of amides is 1. The Morgan fingerprint density at radius 2 is 1.95 bits per heavy atom. The molecule has 1 amide bonds. The van der Waals surface area contributed by atoms with Gasteiger partial charge in [0.1, 0.15) is 11.7 Å². The lowest BCUT2D eigenvalue weighted by Crippen LogP contribution is -2.49. The summed E-state index contributed by atoms with van der Waals surface area (Å²) in [5, 5.41) is 16.3. The summed E-state index contributed by atoms with van der Waals surface area (Å²) in [6.45, 7) is 11.8. The smallest absolute Gasteiger partial charge is 0.326 e. The normalized spacial score (nSPS) is 13.3. The molecule has 0 saturated heterocycles. The third-order valence-corrected chi connectivity index (χ3v) is 3.31. The molecular formula is C15H25N3O3. The fourth-order valence-electron chi connectivity index (χ4n) is 2.00. The van der Waals surface area contributed by atoms with Gasteiger partial charge in [-0.2, -0.15) is 5.10 Å². The zero-order valence-corrected chi connectivity index (χ0v) is 13.6. The molecule has 0 aliphatic carbocycles. The number of carboxylic acids is 1. The minimum atomic E-state index is -1.04. The Hall–Kier alpha value is -1.85. The zero-order valence-electron chi connectivity index (χ0n) is 13.6. The van der Waals surface area contributed by atoms with Crippen molar-refractivity contribution in [1.29, 1.82) is 0 Å². The summed E-state index contributed by atoms with van der Waals surface area (Å²) >= 11 is 0. The maximum absolute atomic E-state index is 12.4. The van der Waals surface area contributed by atoms with Crippen molar-refractivity contribution in [3.8, 4) is 0 Å². The Kier molecular flexibility index (Phi) is 5.15. The van der Waals surface area contributed by atoms with Crippen LogP contribution in [-0.2, 0) is 11.3 Å². The lowest BCUT2D eigenvalue weighted by atomic mass is 9.86. The first kappa shape index (κ1) is 17.2. The van der Waals surface area contributed by atoms with Gasteiger partial charge in [-0.1, -0.05) is 34.6 Å². The number of aliphatic carboxylic acids is 1. The van der Waals surface area contributed by atoms with Crippen molar-refractivity contribution in [2.75, 3.05) is 0 Å². The molecule has 2 N–H and O–H groups in total. The number of nitrogens with zero attached hydrogens (tertiary/aromatic N) is 2. The molecule has 0 unspecified atom stereocenters. The molecule has 21 heavy (non-hydrogen) atoms. The number of carbonyl (C=O) groups excluding carboxylic acids is 1. The average Bonchev–Trinajstić information content (AvgIpc) is 2.78. The summed E-state index contributed by atoms with van der Waals surface area (Å²) in [5.74, 6) is -1.23. The van der Waals surface area contributed by atoms with Crippen molar-refractivity contribution in [3.63, 3.8) is 0 Å². The summed E-state index contributed by atoms with van der Waals surface area (Å²) < 4.78 is 1.60. The molecule has 0 fully saturated rings. The van der Waals surface area contributed by atoms with Gasteiger partial charge in [-0.3, -0.25) is 9.48 Å². The van der Waals surface area contributed by atoms with Crippen LogP contribution in [0.2, 0.25) is 0 Å². The fraction of sp³-hybridized carbons (Fsp3) is 0.667. The lowest BCUT2D eigenvalue weighted by Gasteiger charge is -2.27. The third kappa shape index (κ3) is 4.06. The number of rotatable bonds is 5. The Morgan fingerprint density at radius 3 is 2.33 bits per heavy atom. The van der Waals surface area contributed by atoms with E-state index in [0.717, 1.165) is 5.69 Å². The highest BCUT2D eigenvalue weighted by Crippen LogP contribution is 2.20. The fourth-order valence-corrected chi connectivity index (χ4v) is 2.00. The Labute approximate surface area is 125 Å². The van der Waals surface area contributed by atoms with Crippen LogP contribution in [-0.4, -0.2) is 32.8 Å². The maximum Gasteiger partial charge on any atom is 0.326 e. The van der Waals surface area contributed by atoms with Crippen LogP contribution < -0.4 is 5.32 Å². The van der Waals surface area contributed by atoms with E-state index in [2.05, 4.69) is 10.4 Å². The first-order valence-corrected chi connectivity index (χ1v) is 7.19. The highest BCUT2D eigenvalue weighted by Gasteiger charge is 2.33. The molecule has 6 nitrogen and oxygen atoms in total. The van der Waals surface area contributed by atoms with E-state index in [1.54, 1.807) is 31.5 Å². The molecule has 0 aliphatic rings. The van der Waals surface area contributed by atoms with Gasteiger partial charge in [0.05, 0.1) is 5.69 Å². The average molecular weight is 295 g/mol. The van der Waals surface area contributed by atoms with Gasteiger partial charge in [0, 0.05) is 6.54 Å². The highest BCUT2D eigenvalue weighted by atomic mass is 16.4. The SMILES string of the molecule is CCn1nc(C(C)C)cc1C(=O)N[C@@H](C(=O)O)C(C)(C)C. The summed E-state index contributed by atoms with van der Waals surface area (Å²) in [7, 11) is 0. The molecule has 0 radical (unpaired) electrons. The van der Waals surface area contributed by atoms with Gasteiger partial charge in [0.15, 0.2) is 0 Å². The standard InChI is InChI=1S/C15H25N3O3/c1-7-18-11(8-10(17-18)9(2)3)13(19)16-12(14(20)21)15(4,5)6/h8-9,12H,7H2,1-6H3,(H,16,19)(H,20,21)/t12-/m0/s1. The Morgan fingerprint density at radius 1 is 1.38 bits per heavy atom. The van der Waals surface area contributed by atoms with Crippen molar-refractivity contribution < 1.29 is 14.7 Å². The monoisotopic (exact) mass is 295 g/mol. The van der Waals surface area contributed by atoms with E-state index in [-0.39, 0.29) is 5.92 Å². The second kappa shape index (κ2) is 6.28. The van der Waals surface area contributed by atoms with Crippen molar-refractivity contribution in [1.82, 2.24) is 15.1 Å². The molecule has 0 aromatic carbocycles. The van der Waals surface area contributed by atoms with Crippen molar-refractivity contribution in [3.05, 3.63) is 17.5 Å². The third-order valence-electron chi connectivity index (χ3n) is 3.31. The van der Waals surface area contributed by atoms with Crippen LogP contribution >= 0.6 is 0 Å².